The molecule has 0 aliphatic carbocycles. The van der Waals surface area contributed by atoms with Gasteiger partial charge in [0.2, 0.25) is 5.91 Å². The third-order valence-corrected chi connectivity index (χ3v) is 6.22. The molecule has 3 aromatic rings. The highest BCUT2D eigenvalue weighted by Crippen LogP contribution is 2.26. The lowest BCUT2D eigenvalue weighted by Gasteiger charge is -2.25. The molecule has 0 saturated heterocycles. The Morgan fingerprint density at radius 3 is 2.24 bits per heavy atom. The van der Waals surface area contributed by atoms with E-state index in [2.05, 4.69) is 50.4 Å². The van der Waals surface area contributed by atoms with E-state index >= 15 is 0 Å². The molecule has 0 spiro atoms. The van der Waals surface area contributed by atoms with Gasteiger partial charge in [0.15, 0.2) is 0 Å². The standard InChI is InChI=1S/C28H30Cl2N2O2/c1-19(33)31-26-14-13-23(29)17-24(26)27(34)32(16-15-21-7-5-6-8-25(21)30)18-20-9-11-22(12-10-20)28(2,3)4/h5-14,17H,15-16,18H2,1-4H3,(H,31,33). The molecule has 2 amide bonds. The average Bonchev–Trinajstić information content (AvgIpc) is 2.77. The average molecular weight is 497 g/mol. The summed E-state index contributed by atoms with van der Waals surface area (Å²) in [6, 6.07) is 20.9. The van der Waals surface area contributed by atoms with Crippen molar-refractivity contribution in [3.8, 4) is 0 Å². The molecule has 1 N–H and O–H groups in total. The van der Waals surface area contributed by atoms with Crippen LogP contribution in [0.1, 0.15) is 54.7 Å². The Labute approximate surface area is 211 Å². The monoisotopic (exact) mass is 496 g/mol. The van der Waals surface area contributed by atoms with Crippen molar-refractivity contribution < 1.29 is 9.59 Å². The summed E-state index contributed by atoms with van der Waals surface area (Å²) in [4.78, 5) is 27.2. The molecule has 0 atom stereocenters. The number of hydrogen-bond acceptors (Lipinski definition) is 2. The van der Waals surface area contributed by atoms with Crippen LogP contribution in [-0.4, -0.2) is 23.3 Å². The highest BCUT2D eigenvalue weighted by atomic mass is 35.5. The number of hydrogen-bond donors (Lipinski definition) is 1. The zero-order valence-corrected chi connectivity index (χ0v) is 21.5. The molecule has 0 radical (unpaired) electrons. The molecule has 6 heteroatoms. The summed E-state index contributed by atoms with van der Waals surface area (Å²) in [6.45, 7) is 8.79. The van der Waals surface area contributed by atoms with Crippen LogP contribution in [0.3, 0.4) is 0 Å². The highest BCUT2D eigenvalue weighted by molar-refractivity contribution is 6.31. The van der Waals surface area contributed by atoms with Gasteiger partial charge in [-0.25, -0.2) is 0 Å². The van der Waals surface area contributed by atoms with Gasteiger partial charge in [-0.05, 0) is 52.8 Å². The van der Waals surface area contributed by atoms with Gasteiger partial charge in [0, 0.05) is 30.1 Å². The van der Waals surface area contributed by atoms with E-state index in [4.69, 9.17) is 23.2 Å². The fraction of sp³-hybridized carbons (Fsp3) is 0.286. The van der Waals surface area contributed by atoms with Crippen molar-refractivity contribution in [2.24, 2.45) is 0 Å². The Morgan fingerprint density at radius 1 is 0.941 bits per heavy atom. The van der Waals surface area contributed by atoms with Crippen molar-refractivity contribution in [3.05, 3.63) is 99.0 Å². The quantitative estimate of drug-likeness (QED) is 0.377. The minimum Gasteiger partial charge on any atom is -0.334 e. The number of nitrogens with zero attached hydrogens (tertiary/aromatic N) is 1. The number of carbonyl (C=O) groups is 2. The molecule has 0 unspecified atom stereocenters. The number of carbonyl (C=O) groups excluding carboxylic acids is 2. The van der Waals surface area contributed by atoms with Crippen molar-refractivity contribution in [1.29, 1.82) is 0 Å². The lowest BCUT2D eigenvalue weighted by Crippen LogP contribution is -2.33. The summed E-state index contributed by atoms with van der Waals surface area (Å²) in [6.07, 6.45) is 0.599. The second kappa shape index (κ2) is 11.1. The molecule has 0 fully saturated rings. The van der Waals surface area contributed by atoms with Crippen molar-refractivity contribution in [2.75, 3.05) is 11.9 Å². The summed E-state index contributed by atoms with van der Waals surface area (Å²) in [7, 11) is 0. The van der Waals surface area contributed by atoms with Crippen LogP contribution < -0.4 is 5.32 Å². The van der Waals surface area contributed by atoms with E-state index in [1.807, 2.05) is 24.3 Å². The second-order valence-corrected chi connectivity index (χ2v) is 10.2. The molecule has 3 aromatic carbocycles. The molecular weight excluding hydrogens is 467 g/mol. The summed E-state index contributed by atoms with van der Waals surface area (Å²) in [5.41, 5.74) is 4.06. The molecule has 0 aliphatic rings. The Morgan fingerprint density at radius 2 is 1.62 bits per heavy atom. The summed E-state index contributed by atoms with van der Waals surface area (Å²) in [5.74, 6) is -0.463. The summed E-state index contributed by atoms with van der Waals surface area (Å²) < 4.78 is 0. The zero-order valence-electron chi connectivity index (χ0n) is 20.0. The molecule has 0 bridgehead atoms. The first-order chi connectivity index (χ1) is 16.0. The molecular formula is C28H30Cl2N2O2. The van der Waals surface area contributed by atoms with E-state index < -0.39 is 0 Å². The molecule has 0 saturated carbocycles. The number of halogens is 2. The Bertz CT molecular complexity index is 1170. The van der Waals surface area contributed by atoms with Crippen molar-refractivity contribution in [3.63, 3.8) is 0 Å². The van der Waals surface area contributed by atoms with Gasteiger partial charge in [0.25, 0.3) is 5.91 Å². The normalized spacial score (nSPS) is 11.2. The molecule has 0 heterocycles. The molecule has 4 nitrogen and oxygen atoms in total. The number of nitrogens with one attached hydrogen (secondary N) is 1. The van der Waals surface area contributed by atoms with Crippen LogP contribution >= 0.6 is 23.2 Å². The van der Waals surface area contributed by atoms with E-state index in [1.54, 1.807) is 23.1 Å². The van der Waals surface area contributed by atoms with Crippen LogP contribution in [0.4, 0.5) is 5.69 Å². The fourth-order valence-corrected chi connectivity index (χ4v) is 4.10. The Hall–Kier alpha value is -2.82. The van der Waals surface area contributed by atoms with Crippen LogP contribution in [-0.2, 0) is 23.2 Å². The van der Waals surface area contributed by atoms with Crippen molar-refractivity contribution in [1.82, 2.24) is 4.90 Å². The third kappa shape index (κ3) is 6.85. The van der Waals surface area contributed by atoms with E-state index in [0.29, 0.717) is 40.8 Å². The maximum Gasteiger partial charge on any atom is 0.256 e. The predicted octanol–water partition coefficient (Wildman–Crippen LogP) is 7.13. The van der Waals surface area contributed by atoms with Crippen LogP contribution in [0, 0.1) is 0 Å². The van der Waals surface area contributed by atoms with Crippen LogP contribution in [0.25, 0.3) is 0 Å². The van der Waals surface area contributed by atoms with E-state index in [0.717, 1.165) is 11.1 Å². The van der Waals surface area contributed by atoms with Crippen molar-refractivity contribution >= 4 is 40.7 Å². The molecule has 0 aromatic heterocycles. The maximum absolute atomic E-state index is 13.7. The van der Waals surface area contributed by atoms with Gasteiger partial charge in [0.05, 0.1) is 11.3 Å². The van der Waals surface area contributed by atoms with Gasteiger partial charge >= 0.3 is 0 Å². The van der Waals surface area contributed by atoms with Gasteiger partial charge in [-0.1, -0.05) is 86.4 Å². The van der Waals surface area contributed by atoms with Crippen LogP contribution in [0.15, 0.2) is 66.7 Å². The van der Waals surface area contributed by atoms with E-state index in [9.17, 15) is 9.59 Å². The molecule has 0 aliphatic heterocycles. The van der Waals surface area contributed by atoms with Gasteiger partial charge in [-0.2, -0.15) is 0 Å². The van der Waals surface area contributed by atoms with E-state index in [1.165, 1.54) is 12.5 Å². The van der Waals surface area contributed by atoms with Crippen molar-refractivity contribution in [2.45, 2.75) is 46.1 Å². The second-order valence-electron chi connectivity index (χ2n) is 9.39. The number of benzene rings is 3. The third-order valence-electron chi connectivity index (χ3n) is 5.61. The summed E-state index contributed by atoms with van der Waals surface area (Å²) >= 11 is 12.6. The first kappa shape index (κ1) is 25.8. The Balaban J connectivity index is 1.92. The van der Waals surface area contributed by atoms with Gasteiger partial charge in [-0.3, -0.25) is 9.59 Å². The first-order valence-electron chi connectivity index (χ1n) is 11.2. The molecule has 3 rings (SSSR count). The van der Waals surface area contributed by atoms with Gasteiger partial charge in [0.1, 0.15) is 0 Å². The minimum atomic E-state index is -0.253. The minimum absolute atomic E-state index is 0.0478. The smallest absolute Gasteiger partial charge is 0.256 e. The number of anilines is 1. The Kier molecular flexibility index (Phi) is 8.40. The van der Waals surface area contributed by atoms with Crippen LogP contribution in [0.2, 0.25) is 10.0 Å². The summed E-state index contributed by atoms with van der Waals surface area (Å²) in [5, 5.41) is 3.84. The molecule has 178 valence electrons. The largest absolute Gasteiger partial charge is 0.334 e. The highest BCUT2D eigenvalue weighted by Gasteiger charge is 2.21. The van der Waals surface area contributed by atoms with Gasteiger partial charge in [-0.15, -0.1) is 0 Å². The fourth-order valence-electron chi connectivity index (χ4n) is 3.70. The predicted molar refractivity (Wildman–Crippen MR) is 141 cm³/mol. The number of amides is 2. The number of rotatable bonds is 7. The molecule has 34 heavy (non-hydrogen) atoms. The van der Waals surface area contributed by atoms with Crippen LogP contribution in [0.5, 0.6) is 0 Å². The lowest BCUT2D eigenvalue weighted by molar-refractivity contribution is -0.114. The maximum atomic E-state index is 13.7. The zero-order chi connectivity index (χ0) is 24.9. The van der Waals surface area contributed by atoms with E-state index in [-0.39, 0.29) is 17.2 Å². The SMILES string of the molecule is CC(=O)Nc1ccc(Cl)cc1C(=O)N(CCc1ccccc1Cl)Cc1ccc(C(C)(C)C)cc1. The first-order valence-corrected chi connectivity index (χ1v) is 12.0. The lowest BCUT2D eigenvalue weighted by atomic mass is 9.87. The topological polar surface area (TPSA) is 49.4 Å². The van der Waals surface area contributed by atoms with Gasteiger partial charge < -0.3 is 10.2 Å².